The van der Waals surface area contributed by atoms with Crippen LogP contribution in [0, 0.1) is 11.6 Å². The summed E-state index contributed by atoms with van der Waals surface area (Å²) >= 11 is 0. The van der Waals surface area contributed by atoms with Crippen LogP contribution in [0.3, 0.4) is 0 Å². The molecule has 0 fully saturated rings. The monoisotopic (exact) mass is 518 g/mol. The van der Waals surface area contributed by atoms with Crippen LogP contribution < -0.4 is 5.48 Å². The number of unbranched alkanes of at least 4 members (excludes halogenated alkanes) is 1. The number of hydrogen-bond acceptors (Lipinski definition) is 7. The molecule has 0 bridgehead atoms. The van der Waals surface area contributed by atoms with Gasteiger partial charge < -0.3 is 4.98 Å². The van der Waals surface area contributed by atoms with E-state index in [9.17, 15) is 17.2 Å². The number of pyridine rings is 1. The normalized spacial score (nSPS) is 12.4. The number of anilines is 1. The van der Waals surface area contributed by atoms with Crippen LogP contribution in [0.25, 0.3) is 33.8 Å². The molecule has 0 aliphatic carbocycles. The van der Waals surface area contributed by atoms with Gasteiger partial charge in [0.15, 0.2) is 5.65 Å². The third kappa shape index (κ3) is 5.39. The molecule has 9 nitrogen and oxygen atoms in total. The minimum Gasteiger partial charge on any atom is -0.340 e. The number of aryl methyl sites for hydroxylation is 1. The first-order valence-electron chi connectivity index (χ1n) is 11.5. The Bertz CT molecular complexity index is 1520. The Kier molecular flexibility index (Phi) is 6.84. The van der Waals surface area contributed by atoms with Gasteiger partial charge >= 0.3 is 0 Å². The van der Waals surface area contributed by atoms with Crippen LogP contribution in [0.2, 0.25) is 0 Å². The summed E-state index contributed by atoms with van der Waals surface area (Å²) in [5, 5.41) is 0. The van der Waals surface area contributed by atoms with E-state index in [0.717, 1.165) is 25.2 Å². The van der Waals surface area contributed by atoms with Gasteiger partial charge in [-0.1, -0.05) is 34.1 Å². The van der Waals surface area contributed by atoms with E-state index in [2.05, 4.69) is 20.4 Å². The molecule has 3 heterocycles. The third-order valence-corrected chi connectivity index (χ3v) is 5.85. The second-order valence-corrected chi connectivity index (χ2v) is 11.1. The van der Waals surface area contributed by atoms with Crippen LogP contribution in [0.15, 0.2) is 30.3 Å². The SMILES string of the molecule is CCCCn1c(NOS(C)(=O)=O)nc2ccc(-c3[nH]c(C(C)(C)C)nc3-c3ccc(F)cc3F)nc21. The van der Waals surface area contributed by atoms with Crippen molar-refractivity contribution in [2.45, 2.75) is 52.5 Å². The van der Waals surface area contributed by atoms with Crippen molar-refractivity contribution in [3.63, 3.8) is 0 Å². The van der Waals surface area contributed by atoms with Crippen molar-refractivity contribution in [3.8, 4) is 22.6 Å². The quantitative estimate of drug-likeness (QED) is 0.309. The van der Waals surface area contributed by atoms with Gasteiger partial charge in [-0.3, -0.25) is 4.57 Å². The van der Waals surface area contributed by atoms with Gasteiger partial charge in [-0.25, -0.2) is 29.2 Å². The van der Waals surface area contributed by atoms with Crippen LogP contribution in [-0.4, -0.2) is 39.2 Å². The summed E-state index contributed by atoms with van der Waals surface area (Å²) in [6.07, 6.45) is 2.60. The highest BCUT2D eigenvalue weighted by Crippen LogP contribution is 2.35. The molecule has 0 aliphatic heterocycles. The zero-order valence-electron chi connectivity index (χ0n) is 20.7. The number of halogens is 2. The zero-order valence-corrected chi connectivity index (χ0v) is 21.5. The van der Waals surface area contributed by atoms with Crippen LogP contribution in [0.5, 0.6) is 0 Å². The maximum absolute atomic E-state index is 14.8. The number of benzene rings is 1. The van der Waals surface area contributed by atoms with E-state index in [1.165, 1.54) is 12.1 Å². The van der Waals surface area contributed by atoms with Crippen molar-refractivity contribution in [2.75, 3.05) is 11.7 Å². The molecule has 1 aromatic carbocycles. The average Bonchev–Trinajstić information content (AvgIpc) is 3.37. The molecule has 0 spiro atoms. The van der Waals surface area contributed by atoms with Crippen molar-refractivity contribution in [3.05, 3.63) is 47.8 Å². The standard InChI is InChI=1S/C24H28F2N6O3S/c1-6-7-12-32-21-18(28-23(32)31-35-36(5,33)34)11-10-17(27-21)20-19(29-22(30-20)24(2,3)4)15-9-8-14(25)13-16(15)26/h8-11,13H,6-7,12H2,1-5H3,(H,28,31)(H,29,30). The highest BCUT2D eigenvalue weighted by Gasteiger charge is 2.25. The van der Waals surface area contributed by atoms with Crippen molar-refractivity contribution >= 4 is 27.2 Å². The number of nitrogens with zero attached hydrogens (tertiary/aromatic N) is 4. The number of aromatic amines is 1. The third-order valence-electron chi connectivity index (χ3n) is 5.47. The molecule has 2 N–H and O–H groups in total. The molecule has 3 aromatic heterocycles. The number of rotatable bonds is 8. The number of hydrogen-bond donors (Lipinski definition) is 2. The van der Waals surface area contributed by atoms with Crippen molar-refractivity contribution in [2.24, 2.45) is 0 Å². The lowest BCUT2D eigenvalue weighted by molar-refractivity contribution is 0.387. The zero-order chi connectivity index (χ0) is 26.3. The topological polar surface area (TPSA) is 115 Å². The van der Waals surface area contributed by atoms with Crippen LogP contribution in [0.1, 0.15) is 46.4 Å². The number of nitrogens with one attached hydrogen (secondary N) is 2. The summed E-state index contributed by atoms with van der Waals surface area (Å²) in [6, 6.07) is 6.80. The molecule has 0 aliphatic rings. The molecular formula is C24H28F2N6O3S. The first kappa shape index (κ1) is 25.7. The highest BCUT2D eigenvalue weighted by molar-refractivity contribution is 7.86. The summed E-state index contributed by atoms with van der Waals surface area (Å²) < 4.78 is 57.8. The van der Waals surface area contributed by atoms with Crippen LogP contribution in [0.4, 0.5) is 14.7 Å². The van der Waals surface area contributed by atoms with E-state index in [-0.39, 0.29) is 16.9 Å². The Labute approximate surface area is 208 Å². The van der Waals surface area contributed by atoms with Gasteiger partial charge in [-0.05, 0) is 30.7 Å². The first-order chi connectivity index (χ1) is 16.9. The molecule has 0 unspecified atom stereocenters. The molecule has 0 saturated heterocycles. The fraction of sp³-hybridized carbons (Fsp3) is 0.375. The predicted octanol–water partition coefficient (Wildman–Crippen LogP) is 5.17. The van der Waals surface area contributed by atoms with Gasteiger partial charge in [0.05, 0.1) is 17.6 Å². The fourth-order valence-electron chi connectivity index (χ4n) is 3.65. The number of H-pyrrole nitrogens is 1. The van der Waals surface area contributed by atoms with Gasteiger partial charge in [-0.15, -0.1) is 4.28 Å². The minimum absolute atomic E-state index is 0.142. The van der Waals surface area contributed by atoms with Crippen LogP contribution in [-0.2, 0) is 26.4 Å². The summed E-state index contributed by atoms with van der Waals surface area (Å²) in [5.74, 6) is -0.610. The lowest BCUT2D eigenvalue weighted by Gasteiger charge is -2.14. The Morgan fingerprint density at radius 2 is 1.86 bits per heavy atom. The maximum atomic E-state index is 14.8. The predicted molar refractivity (Wildman–Crippen MR) is 134 cm³/mol. The number of imidazole rings is 2. The smallest absolute Gasteiger partial charge is 0.285 e. The van der Waals surface area contributed by atoms with Gasteiger partial charge in [0.2, 0.25) is 5.95 Å². The Morgan fingerprint density at radius 3 is 2.50 bits per heavy atom. The Balaban J connectivity index is 1.89. The lowest BCUT2D eigenvalue weighted by atomic mass is 9.96. The fourth-order valence-corrected chi connectivity index (χ4v) is 3.88. The first-order valence-corrected chi connectivity index (χ1v) is 13.3. The largest absolute Gasteiger partial charge is 0.340 e. The minimum atomic E-state index is -3.76. The maximum Gasteiger partial charge on any atom is 0.285 e. The molecule has 0 radical (unpaired) electrons. The van der Waals surface area contributed by atoms with Gasteiger partial charge in [-0.2, -0.15) is 8.42 Å². The van der Waals surface area contributed by atoms with Crippen molar-refractivity contribution < 1.29 is 21.5 Å². The molecule has 36 heavy (non-hydrogen) atoms. The van der Waals surface area contributed by atoms with E-state index in [1.54, 1.807) is 16.7 Å². The second kappa shape index (κ2) is 9.58. The Hall–Kier alpha value is -3.38. The molecule has 192 valence electrons. The summed E-state index contributed by atoms with van der Waals surface area (Å²) in [6.45, 7) is 8.44. The molecule has 0 amide bonds. The number of fused-ring (bicyclic) bond motifs is 1. The molecule has 0 saturated carbocycles. The van der Waals surface area contributed by atoms with E-state index < -0.39 is 21.8 Å². The highest BCUT2D eigenvalue weighted by atomic mass is 32.2. The van der Waals surface area contributed by atoms with Crippen molar-refractivity contribution in [1.82, 2.24) is 24.5 Å². The molecule has 4 aromatic rings. The van der Waals surface area contributed by atoms with E-state index >= 15 is 0 Å². The van der Waals surface area contributed by atoms with Gasteiger partial charge in [0, 0.05) is 23.6 Å². The van der Waals surface area contributed by atoms with Gasteiger partial charge in [0.1, 0.15) is 28.7 Å². The average molecular weight is 519 g/mol. The number of aromatic nitrogens is 5. The lowest BCUT2D eigenvalue weighted by Crippen LogP contribution is -2.13. The van der Waals surface area contributed by atoms with E-state index in [1.807, 2.05) is 27.7 Å². The van der Waals surface area contributed by atoms with Gasteiger partial charge in [0.25, 0.3) is 10.1 Å². The molecule has 0 atom stereocenters. The van der Waals surface area contributed by atoms with E-state index in [0.29, 0.717) is 40.6 Å². The summed E-state index contributed by atoms with van der Waals surface area (Å²) in [7, 11) is -3.76. The van der Waals surface area contributed by atoms with Crippen molar-refractivity contribution in [1.29, 1.82) is 0 Å². The summed E-state index contributed by atoms with van der Waals surface area (Å²) in [4.78, 5) is 17.1. The van der Waals surface area contributed by atoms with Crippen LogP contribution >= 0.6 is 0 Å². The van der Waals surface area contributed by atoms with E-state index in [4.69, 9.17) is 9.27 Å². The second-order valence-electron chi connectivity index (χ2n) is 9.55. The molecule has 12 heteroatoms. The summed E-state index contributed by atoms with van der Waals surface area (Å²) in [5.41, 5.74) is 4.41. The molecule has 4 rings (SSSR count). The molecular weight excluding hydrogens is 490 g/mol. The Morgan fingerprint density at radius 1 is 1.11 bits per heavy atom.